The number of amidine groups is 1. The SMILES string of the molecule is Cc1c(C(C)NC(=O)CCN=C2NS(=O)(=O)c3ccccc32)cnn1-c1ccccc1. The lowest BCUT2D eigenvalue weighted by Crippen LogP contribution is -2.28. The number of hydrogen-bond donors (Lipinski definition) is 2. The molecule has 0 spiro atoms. The number of rotatable bonds is 6. The Kier molecular flexibility index (Phi) is 5.60. The normalized spacial score (nSPS) is 16.5. The molecule has 1 amide bonds. The van der Waals surface area contributed by atoms with Crippen molar-refractivity contribution in [3.63, 3.8) is 0 Å². The van der Waals surface area contributed by atoms with E-state index >= 15 is 0 Å². The molecule has 0 saturated carbocycles. The first-order chi connectivity index (χ1) is 14.9. The van der Waals surface area contributed by atoms with Crippen LogP contribution in [-0.4, -0.2) is 36.5 Å². The molecule has 0 aliphatic carbocycles. The number of aromatic nitrogens is 2. The molecule has 4 rings (SSSR count). The van der Waals surface area contributed by atoms with Crippen molar-refractivity contribution in [3.05, 3.63) is 77.6 Å². The second kappa shape index (κ2) is 8.35. The number of benzene rings is 2. The molecule has 9 heteroatoms. The number of hydrogen-bond acceptors (Lipinski definition) is 5. The number of aliphatic imine (C=N–C) groups is 1. The summed E-state index contributed by atoms with van der Waals surface area (Å²) in [4.78, 5) is 16.9. The molecule has 2 aromatic carbocycles. The molecule has 1 aromatic heterocycles. The fourth-order valence-electron chi connectivity index (χ4n) is 3.59. The van der Waals surface area contributed by atoms with Crippen LogP contribution in [0.3, 0.4) is 0 Å². The zero-order chi connectivity index (χ0) is 22.0. The molecule has 1 atom stereocenters. The first-order valence-electron chi connectivity index (χ1n) is 9.93. The Morgan fingerprint density at radius 3 is 2.65 bits per heavy atom. The minimum absolute atomic E-state index is 0.142. The lowest BCUT2D eigenvalue weighted by atomic mass is 10.1. The topological polar surface area (TPSA) is 105 Å². The molecule has 2 heterocycles. The zero-order valence-corrected chi connectivity index (χ0v) is 18.1. The molecule has 0 radical (unpaired) electrons. The Morgan fingerprint density at radius 1 is 1.16 bits per heavy atom. The Labute approximate surface area is 181 Å². The lowest BCUT2D eigenvalue weighted by molar-refractivity contribution is -0.121. The molecular formula is C22H23N5O3S. The smallest absolute Gasteiger partial charge is 0.263 e. The van der Waals surface area contributed by atoms with Crippen LogP contribution in [-0.2, 0) is 14.8 Å². The van der Waals surface area contributed by atoms with Crippen molar-refractivity contribution in [2.45, 2.75) is 31.2 Å². The molecule has 0 saturated heterocycles. The summed E-state index contributed by atoms with van der Waals surface area (Å²) >= 11 is 0. The number of carbonyl (C=O) groups excluding carboxylic acids is 1. The van der Waals surface area contributed by atoms with E-state index in [-0.39, 0.29) is 35.6 Å². The molecule has 2 N–H and O–H groups in total. The summed E-state index contributed by atoms with van der Waals surface area (Å²) < 4.78 is 28.5. The van der Waals surface area contributed by atoms with Crippen molar-refractivity contribution in [1.29, 1.82) is 0 Å². The molecule has 0 bridgehead atoms. The molecule has 160 valence electrons. The summed E-state index contributed by atoms with van der Waals surface area (Å²) in [6.45, 7) is 4.05. The first-order valence-corrected chi connectivity index (χ1v) is 11.4. The van der Waals surface area contributed by atoms with Gasteiger partial charge in [0.25, 0.3) is 10.0 Å². The third-order valence-electron chi connectivity index (χ3n) is 5.16. The Balaban J connectivity index is 1.38. The molecule has 8 nitrogen and oxygen atoms in total. The van der Waals surface area contributed by atoms with Gasteiger partial charge in [0.15, 0.2) is 0 Å². The minimum atomic E-state index is -3.58. The number of nitrogens with one attached hydrogen (secondary N) is 2. The highest BCUT2D eigenvalue weighted by Crippen LogP contribution is 2.22. The summed E-state index contributed by atoms with van der Waals surface area (Å²) in [6.07, 6.45) is 1.90. The second-order valence-corrected chi connectivity index (χ2v) is 8.95. The second-order valence-electron chi connectivity index (χ2n) is 7.30. The molecule has 0 fully saturated rings. The van der Waals surface area contributed by atoms with Crippen LogP contribution < -0.4 is 10.0 Å². The average Bonchev–Trinajstić information content (AvgIpc) is 3.26. The largest absolute Gasteiger partial charge is 0.349 e. The van der Waals surface area contributed by atoms with Gasteiger partial charge in [-0.25, -0.2) is 13.1 Å². The molecule has 1 aliphatic rings. The molecule has 1 aliphatic heterocycles. The molecule has 31 heavy (non-hydrogen) atoms. The van der Waals surface area contributed by atoms with Gasteiger partial charge < -0.3 is 5.32 Å². The van der Waals surface area contributed by atoms with Gasteiger partial charge in [0.1, 0.15) is 5.84 Å². The van der Waals surface area contributed by atoms with Crippen molar-refractivity contribution < 1.29 is 13.2 Å². The van der Waals surface area contributed by atoms with Crippen molar-refractivity contribution in [2.75, 3.05) is 6.54 Å². The summed E-state index contributed by atoms with van der Waals surface area (Å²) in [5.74, 6) is 0.106. The predicted molar refractivity (Wildman–Crippen MR) is 118 cm³/mol. The van der Waals surface area contributed by atoms with Crippen LogP contribution in [0.25, 0.3) is 5.69 Å². The van der Waals surface area contributed by atoms with E-state index in [2.05, 4.69) is 20.1 Å². The van der Waals surface area contributed by atoms with Gasteiger partial charge >= 0.3 is 0 Å². The maximum atomic E-state index is 12.4. The van der Waals surface area contributed by atoms with Crippen LogP contribution in [0.4, 0.5) is 0 Å². The molecule has 3 aromatic rings. The van der Waals surface area contributed by atoms with Crippen LogP contribution in [0.15, 0.2) is 70.7 Å². The average molecular weight is 438 g/mol. The van der Waals surface area contributed by atoms with E-state index in [1.807, 2.05) is 48.9 Å². The summed E-state index contributed by atoms with van der Waals surface area (Å²) in [6, 6.07) is 16.2. The quantitative estimate of drug-likeness (QED) is 0.618. The molecule has 1 unspecified atom stereocenters. The zero-order valence-electron chi connectivity index (χ0n) is 17.2. The van der Waals surface area contributed by atoms with Crippen LogP contribution in [0, 0.1) is 6.92 Å². The molecular weight excluding hydrogens is 414 g/mol. The van der Waals surface area contributed by atoms with Crippen LogP contribution in [0.5, 0.6) is 0 Å². The number of nitrogens with zero attached hydrogens (tertiary/aromatic N) is 3. The summed E-state index contributed by atoms with van der Waals surface area (Å²) in [5, 5.41) is 7.40. The third kappa shape index (κ3) is 4.22. The fourth-order valence-corrected chi connectivity index (χ4v) is 4.84. The number of amides is 1. The van der Waals surface area contributed by atoms with Gasteiger partial charge in [0.05, 0.1) is 29.4 Å². The summed E-state index contributed by atoms with van der Waals surface area (Å²) in [5.41, 5.74) is 3.37. The van der Waals surface area contributed by atoms with Gasteiger partial charge in [0.2, 0.25) is 5.91 Å². The van der Waals surface area contributed by atoms with Crippen LogP contribution >= 0.6 is 0 Å². The van der Waals surface area contributed by atoms with Gasteiger partial charge in [-0.3, -0.25) is 14.5 Å². The van der Waals surface area contributed by atoms with Gasteiger partial charge in [0, 0.05) is 23.2 Å². The fraction of sp³-hybridized carbons (Fsp3) is 0.227. The van der Waals surface area contributed by atoms with E-state index < -0.39 is 10.0 Å². The van der Waals surface area contributed by atoms with Crippen molar-refractivity contribution in [1.82, 2.24) is 19.8 Å². The van der Waals surface area contributed by atoms with E-state index in [0.717, 1.165) is 16.9 Å². The van der Waals surface area contributed by atoms with Gasteiger partial charge in [-0.15, -0.1) is 0 Å². The van der Waals surface area contributed by atoms with E-state index in [4.69, 9.17) is 0 Å². The number of sulfonamides is 1. The predicted octanol–water partition coefficient (Wildman–Crippen LogP) is 2.49. The minimum Gasteiger partial charge on any atom is -0.349 e. The number of para-hydroxylation sites is 1. The first kappa shape index (κ1) is 20.8. The summed E-state index contributed by atoms with van der Waals surface area (Å²) in [7, 11) is -3.58. The monoisotopic (exact) mass is 437 g/mol. The van der Waals surface area contributed by atoms with Gasteiger partial charge in [-0.05, 0) is 38.1 Å². The van der Waals surface area contributed by atoms with Crippen molar-refractivity contribution >= 4 is 21.8 Å². The van der Waals surface area contributed by atoms with E-state index in [1.165, 1.54) is 6.07 Å². The highest BCUT2D eigenvalue weighted by atomic mass is 32.2. The van der Waals surface area contributed by atoms with Gasteiger partial charge in [-0.1, -0.05) is 30.3 Å². The highest BCUT2D eigenvalue weighted by molar-refractivity contribution is 7.90. The van der Waals surface area contributed by atoms with E-state index in [9.17, 15) is 13.2 Å². The Bertz CT molecular complexity index is 1250. The maximum absolute atomic E-state index is 12.4. The Hall–Kier alpha value is -3.46. The van der Waals surface area contributed by atoms with E-state index in [0.29, 0.717) is 5.56 Å². The van der Waals surface area contributed by atoms with Crippen LogP contribution in [0.1, 0.15) is 36.2 Å². The van der Waals surface area contributed by atoms with Crippen molar-refractivity contribution in [3.8, 4) is 5.69 Å². The highest BCUT2D eigenvalue weighted by Gasteiger charge is 2.30. The van der Waals surface area contributed by atoms with E-state index in [1.54, 1.807) is 24.4 Å². The maximum Gasteiger partial charge on any atom is 0.263 e. The van der Waals surface area contributed by atoms with Gasteiger partial charge in [-0.2, -0.15) is 5.10 Å². The third-order valence-corrected chi connectivity index (χ3v) is 6.56. The van der Waals surface area contributed by atoms with Crippen molar-refractivity contribution in [2.24, 2.45) is 4.99 Å². The number of fused-ring (bicyclic) bond motifs is 1. The van der Waals surface area contributed by atoms with Crippen LogP contribution in [0.2, 0.25) is 0 Å². The Morgan fingerprint density at radius 2 is 1.87 bits per heavy atom. The standard InChI is InChI=1S/C22H23N5O3S/c1-15(19-14-24-27(16(19)2)17-8-4-3-5-9-17)25-21(28)12-13-23-22-18-10-6-7-11-20(18)31(29,30)26-22/h3-11,14-15H,12-13H2,1-2H3,(H,23,26)(H,25,28). The number of carbonyl (C=O) groups is 1. The lowest BCUT2D eigenvalue weighted by Gasteiger charge is -2.14.